The van der Waals surface area contributed by atoms with E-state index in [2.05, 4.69) is 0 Å². The van der Waals surface area contributed by atoms with Gasteiger partial charge in [0.05, 0.1) is 13.2 Å². The van der Waals surface area contributed by atoms with E-state index in [1.165, 1.54) is 17.7 Å². The molecule has 0 saturated carbocycles. The third-order valence-electron chi connectivity index (χ3n) is 3.04. The molecule has 0 aromatic carbocycles. The summed E-state index contributed by atoms with van der Waals surface area (Å²) in [6.07, 6.45) is 0. The second-order valence-corrected chi connectivity index (χ2v) is 4.37. The zero-order chi connectivity index (χ0) is 14.4. The molecule has 0 atom stereocenters. The second-order valence-electron chi connectivity index (χ2n) is 4.37. The van der Waals surface area contributed by atoms with Gasteiger partial charge in [0.15, 0.2) is 0 Å². The Morgan fingerprint density at radius 2 is 1.95 bits per heavy atom. The van der Waals surface area contributed by atoms with E-state index in [0.717, 1.165) is 4.57 Å². The molecule has 0 amide bonds. The van der Waals surface area contributed by atoms with Crippen LogP contribution in [-0.2, 0) is 25.4 Å². The SMILES string of the molecule is COCCN(CCO)Cc1cc(=O)n(C)c(=O)n1C. The topological polar surface area (TPSA) is 76.7 Å². The van der Waals surface area contributed by atoms with E-state index in [9.17, 15) is 9.59 Å². The third-order valence-corrected chi connectivity index (χ3v) is 3.04. The normalized spacial score (nSPS) is 11.2. The van der Waals surface area contributed by atoms with Crippen molar-refractivity contribution in [2.45, 2.75) is 6.54 Å². The van der Waals surface area contributed by atoms with Crippen molar-refractivity contribution >= 4 is 0 Å². The molecule has 0 spiro atoms. The first-order chi connectivity index (χ1) is 9.01. The number of methoxy groups -OCH3 is 1. The standard InChI is InChI=1S/C12H21N3O4/c1-13-10(8-11(17)14(2)12(13)18)9-15(4-6-16)5-7-19-3/h8,16H,4-7,9H2,1-3H3. The maximum Gasteiger partial charge on any atom is 0.330 e. The number of aliphatic hydroxyl groups is 1. The number of aliphatic hydroxyl groups excluding tert-OH is 1. The Kier molecular flexibility index (Phi) is 5.94. The number of rotatable bonds is 7. The van der Waals surface area contributed by atoms with E-state index >= 15 is 0 Å². The molecular weight excluding hydrogens is 250 g/mol. The predicted molar refractivity (Wildman–Crippen MR) is 71.2 cm³/mol. The van der Waals surface area contributed by atoms with Gasteiger partial charge >= 0.3 is 5.69 Å². The molecule has 0 fully saturated rings. The van der Waals surface area contributed by atoms with Gasteiger partial charge in [0, 0.05) is 52.6 Å². The molecule has 7 heteroatoms. The molecule has 0 saturated heterocycles. The molecule has 1 rings (SSSR count). The summed E-state index contributed by atoms with van der Waals surface area (Å²) in [5.74, 6) is 0. The number of aromatic nitrogens is 2. The van der Waals surface area contributed by atoms with Gasteiger partial charge in [0.2, 0.25) is 0 Å². The fraction of sp³-hybridized carbons (Fsp3) is 0.667. The van der Waals surface area contributed by atoms with Crippen molar-refractivity contribution in [2.24, 2.45) is 14.1 Å². The summed E-state index contributed by atoms with van der Waals surface area (Å²) in [5.41, 5.74) is -0.0513. The summed E-state index contributed by atoms with van der Waals surface area (Å²) in [4.78, 5) is 25.3. The van der Waals surface area contributed by atoms with E-state index in [1.54, 1.807) is 14.2 Å². The lowest BCUT2D eigenvalue weighted by atomic mass is 10.3. The Balaban J connectivity index is 2.96. The second kappa shape index (κ2) is 7.22. The van der Waals surface area contributed by atoms with Crippen molar-refractivity contribution in [3.63, 3.8) is 0 Å². The van der Waals surface area contributed by atoms with Crippen LogP contribution < -0.4 is 11.2 Å². The third kappa shape index (κ3) is 4.02. The minimum Gasteiger partial charge on any atom is -0.395 e. The van der Waals surface area contributed by atoms with Crippen LogP contribution in [0.5, 0.6) is 0 Å². The highest BCUT2D eigenvalue weighted by Crippen LogP contribution is 1.99. The van der Waals surface area contributed by atoms with Crippen LogP contribution in [-0.4, -0.2) is 52.6 Å². The quantitative estimate of drug-likeness (QED) is 0.655. The highest BCUT2D eigenvalue weighted by molar-refractivity contribution is 5.02. The lowest BCUT2D eigenvalue weighted by Gasteiger charge is -2.22. The Morgan fingerprint density at radius 1 is 1.26 bits per heavy atom. The summed E-state index contributed by atoms with van der Waals surface area (Å²) in [6.45, 7) is 2.06. The zero-order valence-electron chi connectivity index (χ0n) is 11.6. The van der Waals surface area contributed by atoms with Crippen molar-refractivity contribution in [1.82, 2.24) is 14.0 Å². The van der Waals surface area contributed by atoms with Crippen LogP contribution in [0.4, 0.5) is 0 Å². The van der Waals surface area contributed by atoms with Gasteiger partial charge in [-0.25, -0.2) is 4.79 Å². The molecule has 19 heavy (non-hydrogen) atoms. The molecule has 0 aliphatic carbocycles. The Morgan fingerprint density at radius 3 is 2.53 bits per heavy atom. The van der Waals surface area contributed by atoms with Crippen molar-refractivity contribution in [2.75, 3.05) is 33.4 Å². The van der Waals surface area contributed by atoms with Crippen LogP contribution in [0.2, 0.25) is 0 Å². The number of hydrogen-bond acceptors (Lipinski definition) is 5. The van der Waals surface area contributed by atoms with Crippen molar-refractivity contribution in [3.05, 3.63) is 32.6 Å². The number of nitrogens with zero attached hydrogens (tertiary/aromatic N) is 3. The largest absolute Gasteiger partial charge is 0.395 e. The zero-order valence-corrected chi connectivity index (χ0v) is 11.6. The minimum atomic E-state index is -0.349. The molecule has 0 radical (unpaired) electrons. The molecule has 1 N–H and O–H groups in total. The van der Waals surface area contributed by atoms with Gasteiger partial charge in [-0.3, -0.25) is 18.8 Å². The van der Waals surface area contributed by atoms with E-state index in [-0.39, 0.29) is 17.9 Å². The molecule has 108 valence electrons. The molecule has 7 nitrogen and oxygen atoms in total. The van der Waals surface area contributed by atoms with Gasteiger partial charge in [0.25, 0.3) is 5.56 Å². The van der Waals surface area contributed by atoms with E-state index in [0.29, 0.717) is 31.9 Å². The summed E-state index contributed by atoms with van der Waals surface area (Å²) in [5, 5.41) is 9.02. The van der Waals surface area contributed by atoms with Crippen LogP contribution in [0.25, 0.3) is 0 Å². The highest BCUT2D eigenvalue weighted by Gasteiger charge is 2.10. The van der Waals surface area contributed by atoms with Crippen LogP contribution in [0.1, 0.15) is 5.69 Å². The molecule has 1 heterocycles. The maximum atomic E-state index is 11.8. The first-order valence-electron chi connectivity index (χ1n) is 6.09. The van der Waals surface area contributed by atoms with Gasteiger partial charge in [-0.2, -0.15) is 0 Å². The Bertz CT molecular complexity index is 521. The van der Waals surface area contributed by atoms with Crippen LogP contribution in [0.3, 0.4) is 0 Å². The first-order valence-corrected chi connectivity index (χ1v) is 6.09. The fourth-order valence-corrected chi connectivity index (χ4v) is 1.79. The average Bonchev–Trinajstić information content (AvgIpc) is 2.39. The Hall–Kier alpha value is -1.44. The van der Waals surface area contributed by atoms with Gasteiger partial charge in [-0.05, 0) is 0 Å². The fourth-order valence-electron chi connectivity index (χ4n) is 1.79. The molecule has 0 aliphatic rings. The van der Waals surface area contributed by atoms with Gasteiger partial charge < -0.3 is 9.84 Å². The smallest absolute Gasteiger partial charge is 0.330 e. The van der Waals surface area contributed by atoms with Gasteiger partial charge in [-0.1, -0.05) is 0 Å². The monoisotopic (exact) mass is 271 g/mol. The molecule has 0 unspecified atom stereocenters. The average molecular weight is 271 g/mol. The van der Waals surface area contributed by atoms with E-state index < -0.39 is 0 Å². The number of hydrogen-bond donors (Lipinski definition) is 1. The summed E-state index contributed by atoms with van der Waals surface area (Å²) < 4.78 is 7.50. The molecule has 0 aliphatic heterocycles. The first kappa shape index (κ1) is 15.6. The lowest BCUT2D eigenvalue weighted by Crippen LogP contribution is -2.40. The van der Waals surface area contributed by atoms with Crippen molar-refractivity contribution in [1.29, 1.82) is 0 Å². The summed E-state index contributed by atoms with van der Waals surface area (Å²) in [7, 11) is 4.68. The maximum absolute atomic E-state index is 11.8. The van der Waals surface area contributed by atoms with Gasteiger partial charge in [-0.15, -0.1) is 0 Å². The highest BCUT2D eigenvalue weighted by atomic mass is 16.5. The molecular formula is C12H21N3O4. The van der Waals surface area contributed by atoms with Gasteiger partial charge in [0.1, 0.15) is 0 Å². The van der Waals surface area contributed by atoms with Crippen LogP contribution in [0, 0.1) is 0 Å². The molecule has 1 aromatic rings. The predicted octanol–water partition coefficient (Wildman–Crippen LogP) is -1.48. The summed E-state index contributed by atoms with van der Waals surface area (Å²) >= 11 is 0. The van der Waals surface area contributed by atoms with Crippen molar-refractivity contribution < 1.29 is 9.84 Å². The van der Waals surface area contributed by atoms with E-state index in [1.807, 2.05) is 4.90 Å². The van der Waals surface area contributed by atoms with Crippen LogP contribution in [0.15, 0.2) is 15.7 Å². The minimum absolute atomic E-state index is 0.0164. The number of ether oxygens (including phenoxy) is 1. The van der Waals surface area contributed by atoms with Crippen LogP contribution >= 0.6 is 0 Å². The van der Waals surface area contributed by atoms with Crippen molar-refractivity contribution in [3.8, 4) is 0 Å². The lowest BCUT2D eigenvalue weighted by molar-refractivity contribution is 0.125. The molecule has 0 bridgehead atoms. The van der Waals surface area contributed by atoms with E-state index in [4.69, 9.17) is 9.84 Å². The Labute approximate surface area is 111 Å². The molecule has 1 aromatic heterocycles. The summed E-state index contributed by atoms with van der Waals surface area (Å²) in [6, 6.07) is 1.44.